The second kappa shape index (κ2) is 8.79. The Morgan fingerprint density at radius 1 is 1.19 bits per heavy atom. The van der Waals surface area contributed by atoms with Crippen LogP contribution in [0.5, 0.6) is 5.75 Å². The maximum atomic E-state index is 14.0. The van der Waals surface area contributed by atoms with Gasteiger partial charge in [-0.3, -0.25) is 0 Å². The smallest absolute Gasteiger partial charge is 0.147 e. The molecule has 0 aliphatic heterocycles. The molecule has 166 valence electrons. The van der Waals surface area contributed by atoms with Crippen LogP contribution in [0.15, 0.2) is 52.6 Å². The van der Waals surface area contributed by atoms with Gasteiger partial charge in [-0.15, -0.1) is 11.3 Å². The molecular weight excluding hydrogens is 449 g/mol. The number of nitrogens with one attached hydrogen (secondary N) is 1. The van der Waals surface area contributed by atoms with Crippen LogP contribution in [0, 0.1) is 12.7 Å². The number of halogens is 1. The number of thiazole rings is 1. The van der Waals surface area contributed by atoms with Crippen molar-refractivity contribution in [1.29, 1.82) is 0 Å². The Morgan fingerprint density at radius 3 is 2.72 bits per heavy atom. The normalized spacial score (nSPS) is 12.5. The van der Waals surface area contributed by atoms with Crippen LogP contribution in [-0.4, -0.2) is 31.7 Å². The first kappa shape index (κ1) is 22.1. The minimum Gasteiger partial charge on any atom is -0.481 e. The van der Waals surface area contributed by atoms with Gasteiger partial charge in [-0.05, 0) is 43.7 Å². The van der Waals surface area contributed by atoms with Crippen LogP contribution in [0.25, 0.3) is 10.9 Å². The van der Waals surface area contributed by atoms with E-state index >= 15 is 0 Å². The van der Waals surface area contributed by atoms with Crippen LogP contribution in [0.4, 0.5) is 21.6 Å². The van der Waals surface area contributed by atoms with Gasteiger partial charge in [0.1, 0.15) is 34.8 Å². The summed E-state index contributed by atoms with van der Waals surface area (Å²) in [5.74, 6) is 0.487. The molecule has 4 rings (SSSR count). The molecule has 0 fully saturated rings. The molecule has 1 unspecified atom stereocenters. The van der Waals surface area contributed by atoms with Crippen LogP contribution in [0.3, 0.4) is 0 Å². The zero-order valence-electron chi connectivity index (χ0n) is 18.0. The molecular formula is C22H22FN5O2S2. The van der Waals surface area contributed by atoms with Gasteiger partial charge >= 0.3 is 0 Å². The van der Waals surface area contributed by atoms with E-state index in [1.165, 1.54) is 29.8 Å². The van der Waals surface area contributed by atoms with Gasteiger partial charge in [0.05, 0.1) is 16.9 Å². The van der Waals surface area contributed by atoms with Crippen molar-refractivity contribution < 1.29 is 13.3 Å². The highest BCUT2D eigenvalue weighted by molar-refractivity contribution is 7.92. The molecule has 0 aliphatic rings. The first-order valence-electron chi connectivity index (χ1n) is 9.75. The molecule has 4 aromatic rings. The minimum atomic E-state index is -2.30. The second-order valence-corrected chi connectivity index (χ2v) is 11.0. The van der Waals surface area contributed by atoms with Gasteiger partial charge < -0.3 is 10.1 Å². The second-order valence-electron chi connectivity index (χ2n) is 7.55. The van der Waals surface area contributed by atoms with Crippen molar-refractivity contribution in [3.63, 3.8) is 0 Å². The Hall–Kier alpha value is -3.11. The zero-order valence-corrected chi connectivity index (χ0v) is 19.6. The van der Waals surface area contributed by atoms with E-state index in [-0.39, 0.29) is 6.10 Å². The number of hydrogen-bond acceptors (Lipinski definition) is 8. The summed E-state index contributed by atoms with van der Waals surface area (Å²) in [7, 11) is -2.30. The predicted molar refractivity (Wildman–Crippen MR) is 127 cm³/mol. The summed E-state index contributed by atoms with van der Waals surface area (Å²) >= 11 is 1.47. The van der Waals surface area contributed by atoms with E-state index < -0.39 is 15.5 Å². The fraction of sp³-hybridized carbons (Fsp3) is 0.227. The summed E-state index contributed by atoms with van der Waals surface area (Å²) in [5.41, 5.74) is 2.69. The van der Waals surface area contributed by atoms with E-state index in [4.69, 9.17) is 4.74 Å². The lowest BCUT2D eigenvalue weighted by molar-refractivity contribution is 0.227. The Labute approximate surface area is 189 Å². The monoisotopic (exact) mass is 471 g/mol. The molecule has 1 atom stereocenters. The van der Waals surface area contributed by atoms with Crippen LogP contribution in [-0.2, 0) is 9.73 Å². The number of ether oxygens (including phenoxy) is 1. The van der Waals surface area contributed by atoms with Gasteiger partial charge in [0.2, 0.25) is 0 Å². The topological polar surface area (TPSA) is 89.4 Å². The van der Waals surface area contributed by atoms with Crippen molar-refractivity contribution in [2.24, 2.45) is 4.36 Å². The van der Waals surface area contributed by atoms with Crippen molar-refractivity contribution in [1.82, 2.24) is 15.0 Å². The molecule has 0 aliphatic carbocycles. The number of nitrogens with zero attached hydrogens (tertiary/aromatic N) is 4. The standard InChI is InChI=1S/C22H22FN5O2S2/c1-13-9-16(28-32(3,4)29)11-18-20(13)21(26-12-25-18)27-17-6-5-15(23)10-19(17)30-14(2)22-24-7-8-31-22/h5-12,14H,1-4H3,(H,25,26,27). The summed E-state index contributed by atoms with van der Waals surface area (Å²) in [6.07, 6.45) is 5.97. The molecule has 0 saturated heterocycles. The van der Waals surface area contributed by atoms with Crippen LogP contribution < -0.4 is 10.1 Å². The van der Waals surface area contributed by atoms with Gasteiger partial charge in [-0.25, -0.2) is 23.6 Å². The minimum absolute atomic E-state index is 0.344. The highest BCUT2D eigenvalue weighted by Crippen LogP contribution is 2.35. The van der Waals surface area contributed by atoms with Crippen molar-refractivity contribution in [2.75, 3.05) is 17.8 Å². The largest absolute Gasteiger partial charge is 0.481 e. The lowest BCUT2D eigenvalue weighted by Gasteiger charge is -2.17. The van der Waals surface area contributed by atoms with E-state index in [1.807, 2.05) is 25.3 Å². The molecule has 0 amide bonds. The average molecular weight is 472 g/mol. The number of aromatic nitrogens is 3. The molecule has 32 heavy (non-hydrogen) atoms. The fourth-order valence-corrected chi connectivity index (χ4v) is 4.51. The summed E-state index contributed by atoms with van der Waals surface area (Å²) in [4.78, 5) is 13.0. The van der Waals surface area contributed by atoms with Crippen LogP contribution in [0.1, 0.15) is 23.6 Å². The van der Waals surface area contributed by atoms with Gasteiger partial charge in [-0.1, -0.05) is 0 Å². The van der Waals surface area contributed by atoms with Crippen LogP contribution in [0.2, 0.25) is 0 Å². The van der Waals surface area contributed by atoms with E-state index in [1.54, 1.807) is 30.8 Å². The average Bonchev–Trinajstić information content (AvgIpc) is 3.23. The number of fused-ring (bicyclic) bond motifs is 1. The molecule has 2 aromatic carbocycles. The maximum absolute atomic E-state index is 14.0. The van der Waals surface area contributed by atoms with Gasteiger partial charge in [0.15, 0.2) is 0 Å². The zero-order chi connectivity index (χ0) is 22.9. The van der Waals surface area contributed by atoms with Crippen molar-refractivity contribution >= 4 is 49.2 Å². The number of hydrogen-bond donors (Lipinski definition) is 1. The van der Waals surface area contributed by atoms with Crippen molar-refractivity contribution in [3.8, 4) is 5.75 Å². The number of anilines is 2. The Kier molecular flexibility index (Phi) is 6.07. The van der Waals surface area contributed by atoms with Gasteiger partial charge in [0, 0.05) is 45.3 Å². The van der Waals surface area contributed by atoms with Gasteiger partial charge in [-0.2, -0.15) is 4.36 Å². The number of rotatable bonds is 6. The molecule has 10 heteroatoms. The molecule has 0 spiro atoms. The molecule has 7 nitrogen and oxygen atoms in total. The third kappa shape index (κ3) is 5.03. The summed E-state index contributed by atoms with van der Waals surface area (Å²) in [5, 5.41) is 6.70. The highest BCUT2D eigenvalue weighted by Gasteiger charge is 2.16. The first-order chi connectivity index (χ1) is 15.2. The number of benzene rings is 2. The number of aryl methyl sites for hydroxylation is 1. The Morgan fingerprint density at radius 2 is 2.00 bits per heavy atom. The van der Waals surface area contributed by atoms with E-state index in [2.05, 4.69) is 24.6 Å². The quantitative estimate of drug-likeness (QED) is 0.384. The highest BCUT2D eigenvalue weighted by atomic mass is 32.2. The third-order valence-electron chi connectivity index (χ3n) is 4.54. The van der Waals surface area contributed by atoms with Gasteiger partial charge in [0.25, 0.3) is 0 Å². The summed E-state index contributed by atoms with van der Waals surface area (Å²) in [6, 6.07) is 7.91. The van der Waals surface area contributed by atoms with E-state index in [0.29, 0.717) is 28.5 Å². The molecule has 0 bridgehead atoms. The predicted octanol–water partition coefficient (Wildman–Crippen LogP) is 5.78. The molecule has 1 N–H and O–H groups in total. The Balaban J connectivity index is 1.73. The lowest BCUT2D eigenvalue weighted by atomic mass is 10.1. The molecule has 0 saturated carbocycles. The third-order valence-corrected chi connectivity index (χ3v) is 6.13. The molecule has 2 heterocycles. The van der Waals surface area contributed by atoms with Crippen molar-refractivity contribution in [2.45, 2.75) is 20.0 Å². The molecule has 2 aromatic heterocycles. The maximum Gasteiger partial charge on any atom is 0.147 e. The van der Waals surface area contributed by atoms with Crippen LogP contribution >= 0.6 is 11.3 Å². The first-order valence-corrected chi connectivity index (χ1v) is 13.0. The van der Waals surface area contributed by atoms with E-state index in [0.717, 1.165) is 16.0 Å². The summed E-state index contributed by atoms with van der Waals surface area (Å²) in [6.45, 7) is 3.78. The summed E-state index contributed by atoms with van der Waals surface area (Å²) < 4.78 is 36.4. The van der Waals surface area contributed by atoms with E-state index in [9.17, 15) is 8.60 Å². The SMILES string of the molecule is Cc1cc(N=S(C)(C)=O)cc2ncnc(Nc3ccc(F)cc3OC(C)c3nccs3)c12. The Bertz CT molecular complexity index is 1390. The molecule has 0 radical (unpaired) electrons. The van der Waals surface area contributed by atoms with Crippen molar-refractivity contribution in [3.05, 3.63) is 64.6 Å². The fourth-order valence-electron chi connectivity index (χ4n) is 3.28. The lowest BCUT2D eigenvalue weighted by Crippen LogP contribution is -2.06.